The SMILES string of the molecule is COc1ccc(S(=O)(=O)N2CCOCC2)cc1NC(=O)COC(=O)C(C)C. The van der Waals surface area contributed by atoms with Crippen LogP contribution >= 0.6 is 0 Å². The Morgan fingerprint density at radius 1 is 1.26 bits per heavy atom. The highest BCUT2D eigenvalue weighted by Crippen LogP contribution is 2.29. The summed E-state index contributed by atoms with van der Waals surface area (Å²) in [4.78, 5) is 23.5. The largest absolute Gasteiger partial charge is 0.495 e. The molecule has 1 aliphatic heterocycles. The van der Waals surface area contributed by atoms with Gasteiger partial charge in [0.05, 0.1) is 36.8 Å². The highest BCUT2D eigenvalue weighted by molar-refractivity contribution is 7.89. The third-order valence-electron chi connectivity index (χ3n) is 3.87. The van der Waals surface area contributed by atoms with Crippen LogP contribution in [0.3, 0.4) is 0 Å². The second-order valence-electron chi connectivity index (χ2n) is 6.19. The van der Waals surface area contributed by atoms with Crippen LogP contribution in [-0.4, -0.2) is 64.6 Å². The first-order chi connectivity index (χ1) is 12.8. The van der Waals surface area contributed by atoms with Gasteiger partial charge in [0, 0.05) is 13.1 Å². The molecule has 1 aromatic rings. The Bertz CT molecular complexity index is 786. The minimum Gasteiger partial charge on any atom is -0.495 e. The Balaban J connectivity index is 2.17. The number of carbonyl (C=O) groups is 2. The van der Waals surface area contributed by atoms with Gasteiger partial charge in [-0.2, -0.15) is 4.31 Å². The topological polar surface area (TPSA) is 111 Å². The molecule has 1 N–H and O–H groups in total. The molecule has 1 aromatic carbocycles. The predicted octanol–water partition coefficient (Wildman–Crippen LogP) is 0.854. The first kappa shape index (κ1) is 21.1. The number of sulfonamides is 1. The summed E-state index contributed by atoms with van der Waals surface area (Å²) in [5.41, 5.74) is 0.178. The van der Waals surface area contributed by atoms with Crippen LogP contribution < -0.4 is 10.1 Å². The van der Waals surface area contributed by atoms with Crippen LogP contribution in [0.4, 0.5) is 5.69 Å². The van der Waals surface area contributed by atoms with Crippen molar-refractivity contribution in [1.82, 2.24) is 4.31 Å². The van der Waals surface area contributed by atoms with Gasteiger partial charge in [-0.25, -0.2) is 8.42 Å². The van der Waals surface area contributed by atoms with Crippen LogP contribution in [0.15, 0.2) is 23.1 Å². The van der Waals surface area contributed by atoms with E-state index >= 15 is 0 Å². The van der Waals surface area contributed by atoms with Gasteiger partial charge in [-0.1, -0.05) is 13.8 Å². The molecule has 0 bridgehead atoms. The lowest BCUT2D eigenvalue weighted by molar-refractivity contribution is -0.150. The number of methoxy groups -OCH3 is 1. The van der Waals surface area contributed by atoms with E-state index < -0.39 is 28.5 Å². The molecule has 1 amide bonds. The van der Waals surface area contributed by atoms with Crippen LogP contribution in [0.1, 0.15) is 13.8 Å². The number of hydrogen-bond donors (Lipinski definition) is 1. The van der Waals surface area contributed by atoms with E-state index in [0.29, 0.717) is 19.0 Å². The Hall–Kier alpha value is -2.17. The Kier molecular flexibility index (Phi) is 7.17. The summed E-state index contributed by atoms with van der Waals surface area (Å²) >= 11 is 0. The molecule has 0 spiro atoms. The van der Waals surface area contributed by atoms with E-state index in [1.54, 1.807) is 13.8 Å². The minimum absolute atomic E-state index is 0.0275. The van der Waals surface area contributed by atoms with Crippen molar-refractivity contribution in [3.63, 3.8) is 0 Å². The molecule has 0 unspecified atom stereocenters. The van der Waals surface area contributed by atoms with Gasteiger partial charge >= 0.3 is 5.97 Å². The number of esters is 1. The van der Waals surface area contributed by atoms with Gasteiger partial charge in [0.1, 0.15) is 5.75 Å². The third kappa shape index (κ3) is 5.41. The van der Waals surface area contributed by atoms with Gasteiger partial charge in [-0.05, 0) is 18.2 Å². The van der Waals surface area contributed by atoms with E-state index in [0.717, 1.165) is 0 Å². The first-order valence-corrected chi connectivity index (χ1v) is 9.92. The number of rotatable bonds is 7. The maximum Gasteiger partial charge on any atom is 0.308 e. The molecule has 1 heterocycles. The molecule has 0 atom stereocenters. The molecule has 0 aromatic heterocycles. The van der Waals surface area contributed by atoms with Crippen LogP contribution in [0, 0.1) is 5.92 Å². The summed E-state index contributed by atoms with van der Waals surface area (Å²) in [6.07, 6.45) is 0. The van der Waals surface area contributed by atoms with Crippen molar-refractivity contribution < 1.29 is 32.2 Å². The smallest absolute Gasteiger partial charge is 0.308 e. The van der Waals surface area contributed by atoms with Gasteiger partial charge in [0.2, 0.25) is 10.0 Å². The van der Waals surface area contributed by atoms with E-state index in [1.807, 2.05) is 0 Å². The maximum atomic E-state index is 12.8. The minimum atomic E-state index is -3.72. The molecule has 1 fully saturated rings. The molecule has 10 heteroatoms. The molecule has 0 saturated carbocycles. The van der Waals surface area contributed by atoms with Gasteiger partial charge < -0.3 is 19.5 Å². The number of amides is 1. The van der Waals surface area contributed by atoms with Gasteiger partial charge in [0.25, 0.3) is 5.91 Å². The third-order valence-corrected chi connectivity index (χ3v) is 5.76. The van der Waals surface area contributed by atoms with E-state index in [1.165, 1.54) is 29.6 Å². The summed E-state index contributed by atoms with van der Waals surface area (Å²) in [5.74, 6) is -1.15. The standard InChI is InChI=1S/C17H24N2O7S/c1-12(2)17(21)26-11-16(20)18-14-10-13(4-5-15(14)24-3)27(22,23)19-6-8-25-9-7-19/h4-5,10,12H,6-9,11H2,1-3H3,(H,18,20). The van der Waals surface area contributed by atoms with E-state index in [2.05, 4.69) is 5.32 Å². The van der Waals surface area contributed by atoms with Crippen molar-refractivity contribution in [2.45, 2.75) is 18.7 Å². The zero-order valence-electron chi connectivity index (χ0n) is 15.6. The quantitative estimate of drug-likeness (QED) is 0.676. The second-order valence-corrected chi connectivity index (χ2v) is 8.13. The summed E-state index contributed by atoms with van der Waals surface area (Å²) in [6, 6.07) is 4.20. The van der Waals surface area contributed by atoms with Crippen molar-refractivity contribution in [2.24, 2.45) is 5.92 Å². The highest BCUT2D eigenvalue weighted by Gasteiger charge is 2.27. The maximum absolute atomic E-state index is 12.8. The number of carbonyl (C=O) groups excluding carboxylic acids is 2. The Morgan fingerprint density at radius 2 is 1.93 bits per heavy atom. The van der Waals surface area contributed by atoms with Crippen LogP contribution in [-0.2, 0) is 29.1 Å². The lowest BCUT2D eigenvalue weighted by Crippen LogP contribution is -2.40. The van der Waals surface area contributed by atoms with Crippen molar-refractivity contribution in [1.29, 1.82) is 0 Å². The monoisotopic (exact) mass is 400 g/mol. The van der Waals surface area contributed by atoms with Gasteiger partial charge in [-0.3, -0.25) is 9.59 Å². The number of ether oxygens (including phenoxy) is 3. The fraction of sp³-hybridized carbons (Fsp3) is 0.529. The molecule has 9 nitrogen and oxygen atoms in total. The number of morpholine rings is 1. The number of hydrogen-bond acceptors (Lipinski definition) is 7. The van der Waals surface area contributed by atoms with Gasteiger partial charge in [-0.15, -0.1) is 0 Å². The number of nitrogens with zero attached hydrogens (tertiary/aromatic N) is 1. The van der Waals surface area contributed by atoms with Crippen LogP contribution in [0.25, 0.3) is 0 Å². The summed E-state index contributed by atoms with van der Waals surface area (Å²) in [5, 5.41) is 2.52. The average molecular weight is 400 g/mol. The molecule has 150 valence electrons. The fourth-order valence-electron chi connectivity index (χ4n) is 2.37. The van der Waals surface area contributed by atoms with E-state index in [4.69, 9.17) is 14.2 Å². The Morgan fingerprint density at radius 3 is 2.52 bits per heavy atom. The normalized spacial score (nSPS) is 15.4. The second kappa shape index (κ2) is 9.16. The van der Waals surface area contributed by atoms with Crippen LogP contribution in [0.2, 0.25) is 0 Å². The van der Waals surface area contributed by atoms with Crippen molar-refractivity contribution in [3.05, 3.63) is 18.2 Å². The number of anilines is 1. The predicted molar refractivity (Wildman–Crippen MR) is 97.0 cm³/mol. The molecule has 1 aliphatic rings. The summed E-state index contributed by atoms with van der Waals surface area (Å²) in [7, 11) is -2.32. The van der Waals surface area contributed by atoms with Gasteiger partial charge in [0.15, 0.2) is 6.61 Å². The molecule has 0 aliphatic carbocycles. The molecular formula is C17H24N2O7S. The number of benzene rings is 1. The summed E-state index contributed by atoms with van der Waals surface area (Å²) < 4.78 is 42.1. The Labute approximate surface area is 158 Å². The van der Waals surface area contributed by atoms with Crippen LogP contribution in [0.5, 0.6) is 5.75 Å². The average Bonchev–Trinajstić information content (AvgIpc) is 2.66. The molecule has 2 rings (SSSR count). The molecule has 1 saturated heterocycles. The van der Waals surface area contributed by atoms with Crippen molar-refractivity contribution in [2.75, 3.05) is 45.3 Å². The van der Waals surface area contributed by atoms with E-state index in [-0.39, 0.29) is 29.6 Å². The molecule has 27 heavy (non-hydrogen) atoms. The molecule has 0 radical (unpaired) electrons. The highest BCUT2D eigenvalue weighted by atomic mass is 32.2. The van der Waals surface area contributed by atoms with E-state index in [9.17, 15) is 18.0 Å². The zero-order chi connectivity index (χ0) is 20.0. The first-order valence-electron chi connectivity index (χ1n) is 8.48. The molecular weight excluding hydrogens is 376 g/mol. The fourth-order valence-corrected chi connectivity index (χ4v) is 3.81. The zero-order valence-corrected chi connectivity index (χ0v) is 16.4. The number of nitrogens with one attached hydrogen (secondary N) is 1. The van der Waals surface area contributed by atoms with Crippen molar-refractivity contribution in [3.8, 4) is 5.75 Å². The summed E-state index contributed by atoms with van der Waals surface area (Å²) in [6.45, 7) is 4.04. The lowest BCUT2D eigenvalue weighted by Gasteiger charge is -2.26. The van der Waals surface area contributed by atoms with Crippen molar-refractivity contribution >= 4 is 27.6 Å². The lowest BCUT2D eigenvalue weighted by atomic mass is 10.2.